The van der Waals surface area contributed by atoms with Crippen LogP contribution in [-0.4, -0.2) is 46.7 Å². The summed E-state index contributed by atoms with van der Waals surface area (Å²) < 4.78 is 6.36. The van der Waals surface area contributed by atoms with Gasteiger partial charge in [-0.1, -0.05) is 0 Å². The van der Waals surface area contributed by atoms with Crippen molar-refractivity contribution in [2.75, 3.05) is 20.2 Å². The standard InChI is InChI=1S/C11H18N6O/c1-18-9-4-6-17(10(13)15-9)11(14)16-5-2-3-8(12)7-16/h4,6,8,13-14H,2-3,5,7,12H2,1H3/t8-/m1/s1. The van der Waals surface area contributed by atoms with Gasteiger partial charge in [0.25, 0.3) is 0 Å². The van der Waals surface area contributed by atoms with Crippen LogP contribution in [0.4, 0.5) is 0 Å². The molecule has 0 bridgehead atoms. The molecule has 1 fully saturated rings. The summed E-state index contributed by atoms with van der Waals surface area (Å²) in [6.45, 7) is 1.45. The summed E-state index contributed by atoms with van der Waals surface area (Å²) in [6, 6.07) is 1.73. The van der Waals surface area contributed by atoms with E-state index in [1.807, 2.05) is 4.90 Å². The quantitative estimate of drug-likeness (QED) is 0.465. The average Bonchev–Trinajstić information content (AvgIpc) is 2.37. The van der Waals surface area contributed by atoms with Crippen LogP contribution in [-0.2, 0) is 0 Å². The van der Waals surface area contributed by atoms with E-state index >= 15 is 0 Å². The minimum atomic E-state index is -0.0153. The maximum Gasteiger partial charge on any atom is 0.232 e. The van der Waals surface area contributed by atoms with Crippen molar-refractivity contribution in [1.29, 1.82) is 10.8 Å². The molecule has 0 unspecified atom stereocenters. The van der Waals surface area contributed by atoms with Crippen molar-refractivity contribution in [2.45, 2.75) is 18.9 Å². The van der Waals surface area contributed by atoms with Crippen LogP contribution in [0.25, 0.3) is 0 Å². The third-order valence-electron chi connectivity index (χ3n) is 3.01. The predicted octanol–water partition coefficient (Wildman–Crippen LogP) is -0.423. The third-order valence-corrected chi connectivity index (χ3v) is 3.01. The molecule has 2 heterocycles. The molecule has 0 aromatic carbocycles. The molecule has 7 heteroatoms. The highest BCUT2D eigenvalue weighted by atomic mass is 16.5. The summed E-state index contributed by atoms with van der Waals surface area (Å²) >= 11 is 0. The van der Waals surface area contributed by atoms with Crippen molar-refractivity contribution >= 4 is 5.96 Å². The second kappa shape index (κ2) is 5.18. The molecule has 0 radical (unpaired) electrons. The third kappa shape index (κ3) is 2.51. The molecule has 7 nitrogen and oxygen atoms in total. The molecule has 0 amide bonds. The lowest BCUT2D eigenvalue weighted by Crippen LogP contribution is -2.49. The van der Waals surface area contributed by atoms with Gasteiger partial charge in [0.2, 0.25) is 17.5 Å². The molecular formula is C11H18N6O. The summed E-state index contributed by atoms with van der Waals surface area (Å²) in [7, 11) is 1.50. The molecule has 0 saturated carbocycles. The number of likely N-dealkylation sites (tertiary alicyclic amines) is 1. The molecule has 1 aromatic heterocycles. The number of piperidine rings is 1. The van der Waals surface area contributed by atoms with E-state index in [2.05, 4.69) is 4.98 Å². The Balaban J connectivity index is 2.20. The number of aromatic nitrogens is 2. The summed E-state index contributed by atoms with van der Waals surface area (Å²) in [6.07, 6.45) is 3.58. The Morgan fingerprint density at radius 2 is 2.39 bits per heavy atom. The summed E-state index contributed by atoms with van der Waals surface area (Å²) in [5.74, 6) is 0.615. The lowest BCUT2D eigenvalue weighted by atomic mass is 10.1. The lowest BCUT2D eigenvalue weighted by molar-refractivity contribution is 0.299. The first-order valence-electron chi connectivity index (χ1n) is 5.89. The zero-order chi connectivity index (χ0) is 13.1. The fraction of sp³-hybridized carbons (Fsp3) is 0.545. The topological polar surface area (TPSA) is 104 Å². The first-order chi connectivity index (χ1) is 8.61. The molecule has 1 aliphatic heterocycles. The summed E-state index contributed by atoms with van der Waals surface area (Å²) in [5, 5.41) is 15.9. The minimum absolute atomic E-state index is 0.0153. The van der Waals surface area contributed by atoms with Crippen LogP contribution in [0.2, 0.25) is 0 Å². The fourth-order valence-electron chi connectivity index (χ4n) is 2.04. The molecule has 0 aliphatic carbocycles. The van der Waals surface area contributed by atoms with Gasteiger partial charge < -0.3 is 15.4 Å². The van der Waals surface area contributed by atoms with E-state index in [-0.39, 0.29) is 17.6 Å². The van der Waals surface area contributed by atoms with Crippen LogP contribution in [0.1, 0.15) is 12.8 Å². The highest BCUT2D eigenvalue weighted by molar-refractivity contribution is 5.79. The summed E-state index contributed by atoms with van der Waals surface area (Å²) in [4.78, 5) is 5.81. The van der Waals surface area contributed by atoms with Gasteiger partial charge in [-0.05, 0) is 12.8 Å². The number of ether oxygens (including phenoxy) is 1. The van der Waals surface area contributed by atoms with Crippen molar-refractivity contribution in [3.63, 3.8) is 0 Å². The van der Waals surface area contributed by atoms with Crippen molar-refractivity contribution in [1.82, 2.24) is 14.5 Å². The Kier molecular flexibility index (Phi) is 3.61. The zero-order valence-corrected chi connectivity index (χ0v) is 10.4. The number of nitrogens with two attached hydrogens (primary N) is 1. The molecule has 0 spiro atoms. The van der Waals surface area contributed by atoms with E-state index in [4.69, 9.17) is 21.3 Å². The Morgan fingerprint density at radius 3 is 3.00 bits per heavy atom. The SMILES string of the molecule is COc1ccn(C(=N)N2CCC[C@@H](N)C2)c(=N)n1. The maximum atomic E-state index is 8.12. The number of nitrogens with zero attached hydrogens (tertiary/aromatic N) is 3. The molecular weight excluding hydrogens is 232 g/mol. The van der Waals surface area contributed by atoms with Crippen LogP contribution >= 0.6 is 0 Å². The number of rotatable bonds is 1. The molecule has 1 atom stereocenters. The van der Waals surface area contributed by atoms with Crippen molar-refractivity contribution in [3.8, 4) is 5.88 Å². The normalized spacial score (nSPS) is 19.7. The fourth-order valence-corrected chi connectivity index (χ4v) is 2.04. The smallest absolute Gasteiger partial charge is 0.232 e. The number of nitrogens with one attached hydrogen (secondary N) is 2. The molecule has 2 rings (SSSR count). The second-order valence-corrected chi connectivity index (χ2v) is 4.34. The highest BCUT2D eigenvalue weighted by Crippen LogP contribution is 2.09. The van der Waals surface area contributed by atoms with E-state index in [1.165, 1.54) is 11.7 Å². The highest BCUT2D eigenvalue weighted by Gasteiger charge is 2.20. The minimum Gasteiger partial charge on any atom is -0.481 e. The largest absolute Gasteiger partial charge is 0.481 e. The molecule has 18 heavy (non-hydrogen) atoms. The molecule has 4 N–H and O–H groups in total. The first kappa shape index (κ1) is 12.6. The summed E-state index contributed by atoms with van der Waals surface area (Å²) in [5.41, 5.74) is 5.88. The maximum absolute atomic E-state index is 8.12. The van der Waals surface area contributed by atoms with E-state index in [0.29, 0.717) is 12.4 Å². The van der Waals surface area contributed by atoms with Gasteiger partial charge in [-0.3, -0.25) is 15.4 Å². The predicted molar refractivity (Wildman–Crippen MR) is 66.5 cm³/mol. The Hall–Kier alpha value is -1.89. The van der Waals surface area contributed by atoms with Crippen molar-refractivity contribution in [3.05, 3.63) is 17.9 Å². The second-order valence-electron chi connectivity index (χ2n) is 4.34. The first-order valence-corrected chi connectivity index (χ1v) is 5.89. The van der Waals surface area contributed by atoms with Gasteiger partial charge in [-0.2, -0.15) is 4.98 Å². The van der Waals surface area contributed by atoms with Crippen molar-refractivity contribution in [2.24, 2.45) is 5.73 Å². The number of methoxy groups -OCH3 is 1. The van der Waals surface area contributed by atoms with Crippen molar-refractivity contribution < 1.29 is 4.74 Å². The molecule has 1 aromatic rings. The monoisotopic (exact) mass is 250 g/mol. The van der Waals surface area contributed by atoms with Gasteiger partial charge in [0.1, 0.15) is 0 Å². The van der Waals surface area contributed by atoms with Gasteiger partial charge in [-0.15, -0.1) is 0 Å². The van der Waals surface area contributed by atoms with Crippen LogP contribution in [0, 0.1) is 10.8 Å². The van der Waals surface area contributed by atoms with E-state index < -0.39 is 0 Å². The van der Waals surface area contributed by atoms with E-state index in [1.54, 1.807) is 12.3 Å². The molecule has 1 aliphatic rings. The number of hydrogen-bond acceptors (Lipinski definition) is 5. The van der Waals surface area contributed by atoms with E-state index in [0.717, 1.165) is 19.4 Å². The molecule has 1 saturated heterocycles. The lowest BCUT2D eigenvalue weighted by Gasteiger charge is -2.32. The zero-order valence-electron chi connectivity index (χ0n) is 10.4. The Bertz CT molecular complexity index is 497. The van der Waals surface area contributed by atoms with Crippen LogP contribution in [0.5, 0.6) is 5.88 Å². The van der Waals surface area contributed by atoms with E-state index in [9.17, 15) is 0 Å². The Morgan fingerprint density at radius 1 is 1.61 bits per heavy atom. The average molecular weight is 250 g/mol. The van der Waals surface area contributed by atoms with Gasteiger partial charge >= 0.3 is 0 Å². The van der Waals surface area contributed by atoms with Gasteiger partial charge in [0.15, 0.2) is 0 Å². The van der Waals surface area contributed by atoms with Gasteiger partial charge in [-0.25, -0.2) is 0 Å². The molecule has 98 valence electrons. The van der Waals surface area contributed by atoms with Gasteiger partial charge in [0, 0.05) is 31.4 Å². The van der Waals surface area contributed by atoms with Crippen LogP contribution in [0.3, 0.4) is 0 Å². The van der Waals surface area contributed by atoms with Gasteiger partial charge in [0.05, 0.1) is 7.11 Å². The van der Waals surface area contributed by atoms with Crippen LogP contribution < -0.4 is 16.1 Å². The Labute approximate surface area is 105 Å². The number of hydrogen-bond donors (Lipinski definition) is 3. The van der Waals surface area contributed by atoms with Crippen LogP contribution in [0.15, 0.2) is 12.3 Å².